The molecule has 2 aliphatic heterocycles. The highest BCUT2D eigenvalue weighted by Gasteiger charge is 2.17. The topological polar surface area (TPSA) is 39.7 Å². The Balaban J connectivity index is 1.97. The van der Waals surface area contributed by atoms with Crippen LogP contribution in [0.25, 0.3) is 0 Å². The lowest BCUT2D eigenvalue weighted by molar-refractivity contribution is 0.398. The molecule has 0 radical (unpaired) electrons. The van der Waals surface area contributed by atoms with Crippen LogP contribution in [0.2, 0.25) is 0 Å². The molecule has 2 aliphatic rings. The minimum Gasteiger partial charge on any atom is -0.308 e. The summed E-state index contributed by atoms with van der Waals surface area (Å²) in [6, 6.07) is 0. The Bertz CT molecular complexity index is 148. The molecule has 0 saturated carbocycles. The fraction of sp³-hybridized carbons (Fsp3) is 0.833. The highest BCUT2D eigenvalue weighted by Crippen LogP contribution is 2.03. The van der Waals surface area contributed by atoms with Gasteiger partial charge in [0.15, 0.2) is 0 Å². The van der Waals surface area contributed by atoms with Crippen molar-refractivity contribution in [3.63, 3.8) is 0 Å². The first-order valence-corrected chi connectivity index (χ1v) is 3.77. The largest absolute Gasteiger partial charge is 0.308 e. The van der Waals surface area contributed by atoms with Crippen LogP contribution in [0.4, 0.5) is 0 Å². The lowest BCUT2D eigenvalue weighted by atomic mass is 10.4. The number of hydrogen-bond acceptors (Lipinski definition) is 4. The second-order valence-electron chi connectivity index (χ2n) is 2.60. The van der Waals surface area contributed by atoms with Gasteiger partial charge in [-0.15, -0.1) is 0 Å². The molecule has 10 heavy (non-hydrogen) atoms. The molecule has 0 amide bonds. The van der Waals surface area contributed by atoms with Crippen LogP contribution in [0.3, 0.4) is 0 Å². The lowest BCUT2D eigenvalue weighted by Gasteiger charge is -2.15. The van der Waals surface area contributed by atoms with Crippen LogP contribution in [0.5, 0.6) is 0 Å². The number of hydrazine groups is 1. The number of amidine groups is 1. The molecular formula is C6H12N4. The standard InChI is InChI=1S/C6H12N4/c1-3-8-10(5-1)6-2-4-7-9-6/h7-8H,1-5H2. The zero-order valence-corrected chi connectivity index (χ0v) is 5.93. The van der Waals surface area contributed by atoms with E-state index in [-0.39, 0.29) is 0 Å². The summed E-state index contributed by atoms with van der Waals surface area (Å²) in [6.45, 7) is 3.20. The Labute approximate surface area is 60.2 Å². The predicted octanol–water partition coefficient (Wildman–Crippen LogP) is -0.497. The van der Waals surface area contributed by atoms with Crippen molar-refractivity contribution in [1.82, 2.24) is 15.9 Å². The molecule has 0 bridgehead atoms. The average molecular weight is 140 g/mol. The zero-order chi connectivity index (χ0) is 6.81. The molecule has 2 rings (SSSR count). The maximum absolute atomic E-state index is 4.15. The molecule has 0 aromatic carbocycles. The van der Waals surface area contributed by atoms with Crippen molar-refractivity contribution < 1.29 is 0 Å². The van der Waals surface area contributed by atoms with Crippen molar-refractivity contribution >= 4 is 5.84 Å². The van der Waals surface area contributed by atoms with Crippen molar-refractivity contribution in [3.8, 4) is 0 Å². The van der Waals surface area contributed by atoms with Crippen LogP contribution in [0, 0.1) is 0 Å². The number of hydrazone groups is 1. The summed E-state index contributed by atoms with van der Waals surface area (Å²) in [5.74, 6) is 1.16. The van der Waals surface area contributed by atoms with Gasteiger partial charge in [-0.25, -0.2) is 5.43 Å². The Hall–Kier alpha value is -0.770. The van der Waals surface area contributed by atoms with Gasteiger partial charge < -0.3 is 5.43 Å². The summed E-state index contributed by atoms with van der Waals surface area (Å²) in [5.41, 5.74) is 6.22. The summed E-state index contributed by atoms with van der Waals surface area (Å²) in [6.07, 6.45) is 2.30. The van der Waals surface area contributed by atoms with Crippen LogP contribution in [-0.4, -0.2) is 30.5 Å². The number of hydrogen-bond donors (Lipinski definition) is 2. The zero-order valence-electron chi connectivity index (χ0n) is 5.93. The second-order valence-corrected chi connectivity index (χ2v) is 2.60. The highest BCUT2D eigenvalue weighted by molar-refractivity contribution is 5.83. The van der Waals surface area contributed by atoms with Crippen LogP contribution in [-0.2, 0) is 0 Å². The van der Waals surface area contributed by atoms with Crippen molar-refractivity contribution in [2.75, 3.05) is 19.6 Å². The molecule has 4 nitrogen and oxygen atoms in total. The average Bonchev–Trinajstić information content (AvgIpc) is 2.59. The van der Waals surface area contributed by atoms with E-state index in [1.54, 1.807) is 0 Å². The van der Waals surface area contributed by atoms with Gasteiger partial charge >= 0.3 is 0 Å². The van der Waals surface area contributed by atoms with E-state index in [4.69, 9.17) is 0 Å². The van der Waals surface area contributed by atoms with Crippen molar-refractivity contribution in [3.05, 3.63) is 0 Å². The van der Waals surface area contributed by atoms with Gasteiger partial charge in [0, 0.05) is 26.1 Å². The van der Waals surface area contributed by atoms with E-state index in [0.29, 0.717) is 0 Å². The van der Waals surface area contributed by atoms with Gasteiger partial charge in [0.05, 0.1) is 0 Å². The van der Waals surface area contributed by atoms with E-state index >= 15 is 0 Å². The van der Waals surface area contributed by atoms with E-state index in [0.717, 1.165) is 31.9 Å². The molecule has 1 fully saturated rings. The molecule has 0 aromatic rings. The SMILES string of the molecule is C1CNN(C2=NNCC2)C1. The summed E-state index contributed by atoms with van der Waals surface area (Å²) in [7, 11) is 0. The van der Waals surface area contributed by atoms with Crippen molar-refractivity contribution in [1.29, 1.82) is 0 Å². The molecular weight excluding hydrogens is 128 g/mol. The van der Waals surface area contributed by atoms with Gasteiger partial charge in [0.2, 0.25) is 0 Å². The third kappa shape index (κ3) is 0.945. The predicted molar refractivity (Wildman–Crippen MR) is 39.4 cm³/mol. The molecule has 4 heteroatoms. The van der Waals surface area contributed by atoms with E-state index < -0.39 is 0 Å². The lowest BCUT2D eigenvalue weighted by Crippen LogP contribution is -2.35. The third-order valence-electron chi connectivity index (χ3n) is 1.84. The normalized spacial score (nSPS) is 24.8. The van der Waals surface area contributed by atoms with E-state index in [2.05, 4.69) is 21.0 Å². The van der Waals surface area contributed by atoms with E-state index in [1.807, 2.05) is 0 Å². The quantitative estimate of drug-likeness (QED) is 0.476. The Morgan fingerprint density at radius 3 is 3.00 bits per heavy atom. The Morgan fingerprint density at radius 1 is 1.40 bits per heavy atom. The van der Waals surface area contributed by atoms with Crippen molar-refractivity contribution in [2.24, 2.45) is 5.10 Å². The maximum atomic E-state index is 4.15. The summed E-state index contributed by atoms with van der Waals surface area (Å²) in [5, 5.41) is 6.29. The Kier molecular flexibility index (Phi) is 1.47. The molecule has 56 valence electrons. The van der Waals surface area contributed by atoms with E-state index in [1.165, 1.54) is 6.42 Å². The van der Waals surface area contributed by atoms with Crippen molar-refractivity contribution in [2.45, 2.75) is 12.8 Å². The second kappa shape index (κ2) is 2.46. The Morgan fingerprint density at radius 2 is 2.40 bits per heavy atom. The molecule has 1 saturated heterocycles. The fourth-order valence-corrected chi connectivity index (χ4v) is 1.32. The molecule has 0 aromatic heterocycles. The van der Waals surface area contributed by atoms with Crippen LogP contribution in [0.15, 0.2) is 5.10 Å². The smallest absolute Gasteiger partial charge is 0.140 e. The monoisotopic (exact) mass is 140 g/mol. The first-order valence-electron chi connectivity index (χ1n) is 3.77. The molecule has 2 N–H and O–H groups in total. The van der Waals surface area contributed by atoms with Crippen LogP contribution in [0.1, 0.15) is 12.8 Å². The van der Waals surface area contributed by atoms with Crippen LogP contribution < -0.4 is 10.9 Å². The van der Waals surface area contributed by atoms with Gasteiger partial charge in [0.1, 0.15) is 5.84 Å². The number of nitrogens with one attached hydrogen (secondary N) is 2. The summed E-state index contributed by atoms with van der Waals surface area (Å²) in [4.78, 5) is 0. The van der Waals surface area contributed by atoms with Gasteiger partial charge in [0.25, 0.3) is 0 Å². The molecule has 0 unspecified atom stereocenters. The third-order valence-corrected chi connectivity index (χ3v) is 1.84. The van der Waals surface area contributed by atoms with Crippen LogP contribution >= 0.6 is 0 Å². The van der Waals surface area contributed by atoms with E-state index in [9.17, 15) is 0 Å². The summed E-state index contributed by atoms with van der Waals surface area (Å²) < 4.78 is 0. The summed E-state index contributed by atoms with van der Waals surface area (Å²) >= 11 is 0. The number of nitrogens with zero attached hydrogens (tertiary/aromatic N) is 2. The molecule has 0 atom stereocenters. The fourth-order valence-electron chi connectivity index (χ4n) is 1.32. The minimum absolute atomic E-state index is 0.994. The molecule has 0 spiro atoms. The van der Waals surface area contributed by atoms with Gasteiger partial charge in [-0.3, -0.25) is 5.01 Å². The van der Waals surface area contributed by atoms with Gasteiger partial charge in [-0.2, -0.15) is 5.10 Å². The van der Waals surface area contributed by atoms with Gasteiger partial charge in [-0.05, 0) is 6.42 Å². The van der Waals surface area contributed by atoms with Gasteiger partial charge in [-0.1, -0.05) is 0 Å². The highest BCUT2D eigenvalue weighted by atomic mass is 15.6. The first kappa shape index (κ1) is 5.97. The minimum atomic E-state index is 0.994. The molecule has 2 heterocycles. The first-order chi connectivity index (χ1) is 4.97. The maximum Gasteiger partial charge on any atom is 0.140 e. The molecule has 0 aliphatic carbocycles. The number of rotatable bonds is 0.